The number of carbonyl (C=O) groups is 1. The molecule has 0 bridgehead atoms. The van der Waals surface area contributed by atoms with E-state index in [1.165, 1.54) is 58.3 Å². The van der Waals surface area contributed by atoms with Gasteiger partial charge in [-0.2, -0.15) is 0 Å². The molecule has 0 saturated heterocycles. The first-order valence-electron chi connectivity index (χ1n) is 6.90. The van der Waals surface area contributed by atoms with Crippen molar-refractivity contribution in [1.82, 2.24) is 29.4 Å². The SMILES string of the molecule is O=C(c1nnn2cc(-c3ccc(F)cc3)[nH]c(=O)c12)n1ccnc1. The average Bonchev–Trinajstić information content (AvgIpc) is 3.25. The maximum Gasteiger partial charge on any atom is 0.286 e. The Hall–Kier alpha value is -3.62. The van der Waals surface area contributed by atoms with E-state index in [4.69, 9.17) is 0 Å². The highest BCUT2D eigenvalue weighted by molar-refractivity contribution is 5.99. The summed E-state index contributed by atoms with van der Waals surface area (Å²) in [4.78, 5) is 31.2. The highest BCUT2D eigenvalue weighted by Gasteiger charge is 2.20. The molecule has 0 atom stereocenters. The normalized spacial score (nSPS) is 11.0. The lowest BCUT2D eigenvalue weighted by atomic mass is 10.1. The largest absolute Gasteiger partial charge is 0.319 e. The molecule has 0 aliphatic carbocycles. The molecule has 0 radical (unpaired) electrons. The minimum absolute atomic E-state index is 0.0274. The van der Waals surface area contributed by atoms with Crippen molar-refractivity contribution in [2.45, 2.75) is 0 Å². The first kappa shape index (κ1) is 14.0. The van der Waals surface area contributed by atoms with E-state index in [-0.39, 0.29) is 17.0 Å². The summed E-state index contributed by atoms with van der Waals surface area (Å²) in [5.41, 5.74) is 0.456. The van der Waals surface area contributed by atoms with E-state index in [1.807, 2.05) is 0 Å². The molecule has 0 aliphatic heterocycles. The average molecular weight is 324 g/mol. The number of H-pyrrole nitrogens is 1. The van der Waals surface area contributed by atoms with Gasteiger partial charge in [0.05, 0.1) is 11.9 Å². The zero-order chi connectivity index (χ0) is 16.7. The van der Waals surface area contributed by atoms with Crippen molar-refractivity contribution in [2.75, 3.05) is 0 Å². The maximum absolute atomic E-state index is 13.0. The lowest BCUT2D eigenvalue weighted by Crippen LogP contribution is -2.17. The lowest BCUT2D eigenvalue weighted by Gasteiger charge is -2.02. The van der Waals surface area contributed by atoms with E-state index in [1.54, 1.807) is 0 Å². The fourth-order valence-electron chi connectivity index (χ4n) is 2.35. The Balaban J connectivity index is 1.86. The lowest BCUT2D eigenvalue weighted by molar-refractivity contribution is 0.0956. The Bertz CT molecular complexity index is 1100. The number of fused-ring (bicyclic) bond motifs is 1. The summed E-state index contributed by atoms with van der Waals surface area (Å²) in [5.74, 6) is -0.890. The van der Waals surface area contributed by atoms with E-state index in [2.05, 4.69) is 20.3 Å². The molecule has 0 saturated carbocycles. The van der Waals surface area contributed by atoms with Crippen molar-refractivity contribution in [1.29, 1.82) is 0 Å². The molecule has 0 fully saturated rings. The molecule has 0 aliphatic rings. The highest BCUT2D eigenvalue weighted by atomic mass is 19.1. The van der Waals surface area contributed by atoms with Gasteiger partial charge in [-0.25, -0.2) is 13.9 Å². The molecule has 0 amide bonds. The van der Waals surface area contributed by atoms with Gasteiger partial charge in [0.15, 0.2) is 11.2 Å². The van der Waals surface area contributed by atoms with Crippen LogP contribution in [0.15, 0.2) is 54.0 Å². The predicted molar refractivity (Wildman–Crippen MR) is 81.0 cm³/mol. The quantitative estimate of drug-likeness (QED) is 0.595. The summed E-state index contributed by atoms with van der Waals surface area (Å²) in [6.45, 7) is 0. The summed E-state index contributed by atoms with van der Waals surface area (Å²) in [6.07, 6.45) is 5.73. The number of imidazole rings is 1. The molecule has 8 nitrogen and oxygen atoms in total. The van der Waals surface area contributed by atoms with Crippen LogP contribution >= 0.6 is 0 Å². The number of nitrogens with zero attached hydrogens (tertiary/aromatic N) is 5. The third kappa shape index (κ3) is 2.19. The number of aromatic nitrogens is 6. The molecular formula is C15H9FN6O2. The summed E-state index contributed by atoms with van der Waals surface area (Å²) in [6, 6.07) is 5.63. The molecule has 3 heterocycles. The number of rotatable bonds is 2. The van der Waals surface area contributed by atoms with Crippen LogP contribution in [0, 0.1) is 5.82 Å². The van der Waals surface area contributed by atoms with Crippen LogP contribution in [0.3, 0.4) is 0 Å². The molecule has 3 aromatic heterocycles. The van der Waals surface area contributed by atoms with Crippen molar-refractivity contribution >= 4 is 11.4 Å². The van der Waals surface area contributed by atoms with Gasteiger partial charge in [0.2, 0.25) is 0 Å². The van der Waals surface area contributed by atoms with E-state index in [0.29, 0.717) is 11.3 Å². The van der Waals surface area contributed by atoms with Crippen molar-refractivity contribution in [2.24, 2.45) is 0 Å². The van der Waals surface area contributed by atoms with Gasteiger partial charge in [-0.15, -0.1) is 5.10 Å². The van der Waals surface area contributed by atoms with Crippen molar-refractivity contribution in [3.05, 3.63) is 71.0 Å². The molecule has 9 heteroatoms. The summed E-state index contributed by atoms with van der Waals surface area (Å²) >= 11 is 0. The molecule has 0 unspecified atom stereocenters. The Morgan fingerprint density at radius 1 is 1.21 bits per heavy atom. The minimum Gasteiger partial charge on any atom is -0.319 e. The predicted octanol–water partition coefficient (Wildman–Crippen LogP) is 1.11. The van der Waals surface area contributed by atoms with Gasteiger partial charge in [-0.1, -0.05) is 5.21 Å². The molecule has 118 valence electrons. The smallest absolute Gasteiger partial charge is 0.286 e. The molecule has 4 rings (SSSR count). The van der Waals surface area contributed by atoms with Crippen LogP contribution in [0.1, 0.15) is 10.5 Å². The Morgan fingerprint density at radius 2 is 2.00 bits per heavy atom. The Morgan fingerprint density at radius 3 is 2.71 bits per heavy atom. The topological polar surface area (TPSA) is 97.9 Å². The molecule has 0 spiro atoms. The highest BCUT2D eigenvalue weighted by Crippen LogP contribution is 2.17. The zero-order valence-electron chi connectivity index (χ0n) is 12.0. The third-order valence-corrected chi connectivity index (χ3v) is 3.51. The molecule has 4 aromatic rings. The second kappa shape index (κ2) is 5.23. The van der Waals surface area contributed by atoms with E-state index in [9.17, 15) is 14.0 Å². The van der Waals surface area contributed by atoms with E-state index >= 15 is 0 Å². The van der Waals surface area contributed by atoms with Crippen LogP contribution in [0.25, 0.3) is 16.8 Å². The second-order valence-corrected chi connectivity index (χ2v) is 5.01. The second-order valence-electron chi connectivity index (χ2n) is 5.01. The summed E-state index contributed by atoms with van der Waals surface area (Å²) in [7, 11) is 0. The molecule has 1 aromatic carbocycles. The first-order chi connectivity index (χ1) is 11.6. The van der Waals surface area contributed by atoms with Gasteiger partial charge in [-0.05, 0) is 29.8 Å². The fraction of sp³-hybridized carbons (Fsp3) is 0. The van der Waals surface area contributed by atoms with Gasteiger partial charge in [0.1, 0.15) is 12.1 Å². The summed E-state index contributed by atoms with van der Waals surface area (Å²) in [5, 5.41) is 7.63. The summed E-state index contributed by atoms with van der Waals surface area (Å²) < 4.78 is 15.4. The third-order valence-electron chi connectivity index (χ3n) is 3.51. The number of benzene rings is 1. The van der Waals surface area contributed by atoms with Gasteiger partial charge >= 0.3 is 0 Å². The zero-order valence-corrected chi connectivity index (χ0v) is 12.0. The monoisotopic (exact) mass is 324 g/mol. The Labute approximate surface area is 133 Å². The van der Waals surface area contributed by atoms with Crippen LogP contribution in [0.4, 0.5) is 4.39 Å². The van der Waals surface area contributed by atoms with Crippen molar-refractivity contribution < 1.29 is 9.18 Å². The van der Waals surface area contributed by atoms with Gasteiger partial charge in [0, 0.05) is 12.4 Å². The van der Waals surface area contributed by atoms with Crippen LogP contribution < -0.4 is 5.56 Å². The molecule has 1 N–H and O–H groups in total. The fourth-order valence-corrected chi connectivity index (χ4v) is 2.35. The van der Waals surface area contributed by atoms with Crippen LogP contribution in [-0.4, -0.2) is 35.3 Å². The van der Waals surface area contributed by atoms with Crippen molar-refractivity contribution in [3.8, 4) is 11.3 Å². The van der Waals surface area contributed by atoms with Crippen LogP contribution in [0.2, 0.25) is 0 Å². The van der Waals surface area contributed by atoms with E-state index < -0.39 is 11.5 Å². The number of nitrogens with one attached hydrogen (secondary N) is 1. The van der Waals surface area contributed by atoms with Gasteiger partial charge in [0.25, 0.3) is 11.5 Å². The molecule has 24 heavy (non-hydrogen) atoms. The number of hydrogen-bond acceptors (Lipinski definition) is 5. The first-order valence-corrected chi connectivity index (χ1v) is 6.90. The van der Waals surface area contributed by atoms with Crippen LogP contribution in [0.5, 0.6) is 0 Å². The standard InChI is InChI=1S/C15H9FN6O2/c16-10-3-1-9(2-4-10)11-7-22-13(14(23)18-11)12(19-20-22)15(24)21-6-5-17-8-21/h1-8H,(H,18,23). The number of hydrogen-bond donors (Lipinski definition) is 1. The minimum atomic E-state index is -0.523. The van der Waals surface area contributed by atoms with Crippen LogP contribution in [-0.2, 0) is 0 Å². The number of carbonyl (C=O) groups excluding carboxylic acids is 1. The number of halogens is 1. The Kier molecular flexibility index (Phi) is 3.05. The maximum atomic E-state index is 13.0. The van der Waals surface area contributed by atoms with Gasteiger partial charge < -0.3 is 4.98 Å². The number of aromatic amines is 1. The van der Waals surface area contributed by atoms with E-state index in [0.717, 1.165) is 0 Å². The molecular weight excluding hydrogens is 315 g/mol. The van der Waals surface area contributed by atoms with Gasteiger partial charge in [-0.3, -0.25) is 14.2 Å². The van der Waals surface area contributed by atoms with Crippen molar-refractivity contribution in [3.63, 3.8) is 0 Å².